The van der Waals surface area contributed by atoms with Gasteiger partial charge in [-0.2, -0.15) is 0 Å². The first-order valence-electron chi connectivity index (χ1n) is 11.2. The third-order valence-corrected chi connectivity index (χ3v) is 6.45. The molecule has 2 fully saturated rings. The number of amidine groups is 1. The van der Waals surface area contributed by atoms with Crippen LogP contribution in [-0.2, 0) is 27.4 Å². The number of likely N-dealkylation sites (tertiary alicyclic amines) is 1. The van der Waals surface area contributed by atoms with E-state index in [-0.39, 0.29) is 30.3 Å². The van der Waals surface area contributed by atoms with Gasteiger partial charge in [0.2, 0.25) is 0 Å². The smallest absolute Gasteiger partial charge is 0.288 e. The monoisotopic (exact) mass is 424 g/mol. The molecule has 0 bridgehead atoms. The van der Waals surface area contributed by atoms with E-state index in [4.69, 9.17) is 19.2 Å². The lowest BCUT2D eigenvalue weighted by Crippen LogP contribution is -2.54. The predicted octanol–water partition coefficient (Wildman–Crippen LogP) is 3.98. The van der Waals surface area contributed by atoms with E-state index in [9.17, 15) is 4.39 Å². The van der Waals surface area contributed by atoms with Crippen LogP contribution in [0, 0.1) is 5.92 Å². The van der Waals surface area contributed by atoms with Crippen LogP contribution in [0.1, 0.15) is 24.0 Å². The SMILES string of the molecule is FC[C@H]1C[C@@H]2OC(N3CCC3)=N[C@H]2[C@@H](OCc2ccccc2)[C@@H]1OCc1ccccc1. The Balaban J connectivity index is 1.37. The molecule has 6 heteroatoms. The fraction of sp³-hybridized carbons (Fsp3) is 0.480. The fourth-order valence-electron chi connectivity index (χ4n) is 4.59. The largest absolute Gasteiger partial charge is 0.459 e. The van der Waals surface area contributed by atoms with Crippen LogP contribution in [0.2, 0.25) is 0 Å². The van der Waals surface area contributed by atoms with Crippen LogP contribution in [0.3, 0.4) is 0 Å². The van der Waals surface area contributed by atoms with E-state index < -0.39 is 6.67 Å². The summed E-state index contributed by atoms with van der Waals surface area (Å²) >= 11 is 0. The molecule has 0 radical (unpaired) electrons. The first-order valence-corrected chi connectivity index (χ1v) is 11.2. The quantitative estimate of drug-likeness (QED) is 0.675. The van der Waals surface area contributed by atoms with Crippen molar-refractivity contribution in [2.24, 2.45) is 10.9 Å². The zero-order valence-corrected chi connectivity index (χ0v) is 17.6. The van der Waals surface area contributed by atoms with Gasteiger partial charge in [-0.25, -0.2) is 4.99 Å². The molecule has 0 aromatic heterocycles. The number of rotatable bonds is 7. The average Bonchev–Trinajstić information content (AvgIpc) is 3.19. The van der Waals surface area contributed by atoms with Crippen molar-refractivity contribution in [3.63, 3.8) is 0 Å². The first kappa shape index (κ1) is 20.5. The lowest BCUT2D eigenvalue weighted by atomic mass is 9.80. The van der Waals surface area contributed by atoms with Gasteiger partial charge in [0.05, 0.1) is 26.0 Å². The number of aliphatic imine (C=N–C) groups is 1. The van der Waals surface area contributed by atoms with Crippen molar-refractivity contribution in [2.45, 2.75) is 50.4 Å². The van der Waals surface area contributed by atoms with E-state index in [0.717, 1.165) is 30.6 Å². The summed E-state index contributed by atoms with van der Waals surface area (Å²) in [6.45, 7) is 2.33. The molecule has 0 N–H and O–H groups in total. The second-order valence-corrected chi connectivity index (χ2v) is 8.57. The number of alkyl halides is 1. The van der Waals surface area contributed by atoms with E-state index in [1.165, 1.54) is 0 Å². The first-order chi connectivity index (χ1) is 15.3. The summed E-state index contributed by atoms with van der Waals surface area (Å²) in [5.74, 6) is -0.281. The molecule has 2 heterocycles. The Labute approximate surface area is 182 Å². The molecule has 5 nitrogen and oxygen atoms in total. The van der Waals surface area contributed by atoms with E-state index >= 15 is 0 Å². The number of fused-ring (bicyclic) bond motifs is 1. The van der Waals surface area contributed by atoms with E-state index in [1.54, 1.807) is 0 Å². The molecule has 2 aliphatic heterocycles. The number of hydrogen-bond donors (Lipinski definition) is 0. The number of hydrogen-bond acceptors (Lipinski definition) is 5. The molecule has 0 unspecified atom stereocenters. The maximum Gasteiger partial charge on any atom is 0.288 e. The van der Waals surface area contributed by atoms with Gasteiger partial charge < -0.3 is 19.1 Å². The standard InChI is InChI=1S/C25H29FN2O3/c26-15-20-14-21-22(27-25(31-21)28-12-7-13-28)24(30-17-19-10-5-2-6-11-19)23(20)29-16-18-8-3-1-4-9-18/h1-6,8-11,20-24H,7,12-17H2/t20-,21+,22-,23-,24-/m1/s1. The minimum atomic E-state index is -0.462. The van der Waals surface area contributed by atoms with Crippen LogP contribution in [0.4, 0.5) is 4.39 Å². The molecule has 5 atom stereocenters. The number of ether oxygens (including phenoxy) is 3. The topological polar surface area (TPSA) is 43.3 Å². The molecule has 3 aliphatic rings. The third kappa shape index (κ3) is 4.46. The second-order valence-electron chi connectivity index (χ2n) is 8.57. The average molecular weight is 425 g/mol. The van der Waals surface area contributed by atoms with Crippen LogP contribution in [0.15, 0.2) is 65.7 Å². The summed E-state index contributed by atoms with van der Waals surface area (Å²) < 4.78 is 33.0. The number of benzene rings is 2. The zero-order valence-electron chi connectivity index (χ0n) is 17.6. The van der Waals surface area contributed by atoms with Crippen molar-refractivity contribution in [3.05, 3.63) is 71.8 Å². The Kier molecular flexibility index (Phi) is 6.18. The Morgan fingerprint density at radius 1 is 0.903 bits per heavy atom. The van der Waals surface area contributed by atoms with Gasteiger partial charge in [0.1, 0.15) is 18.2 Å². The molecular formula is C25H29FN2O3. The summed E-state index contributed by atoms with van der Waals surface area (Å²) in [5.41, 5.74) is 2.14. The Hall–Kier alpha value is -2.44. The Bertz CT molecular complexity index is 875. The lowest BCUT2D eigenvalue weighted by Gasteiger charge is -2.41. The molecule has 2 aromatic carbocycles. The van der Waals surface area contributed by atoms with Crippen molar-refractivity contribution < 1.29 is 18.6 Å². The van der Waals surface area contributed by atoms with Gasteiger partial charge in [0.25, 0.3) is 6.02 Å². The van der Waals surface area contributed by atoms with Crippen LogP contribution in [0.5, 0.6) is 0 Å². The highest BCUT2D eigenvalue weighted by atomic mass is 19.1. The van der Waals surface area contributed by atoms with Crippen molar-refractivity contribution in [3.8, 4) is 0 Å². The van der Waals surface area contributed by atoms with Crippen LogP contribution >= 0.6 is 0 Å². The third-order valence-electron chi connectivity index (χ3n) is 6.45. The number of nitrogens with zero attached hydrogens (tertiary/aromatic N) is 2. The summed E-state index contributed by atoms with van der Waals surface area (Å²) in [6, 6.07) is 20.6. The van der Waals surface area contributed by atoms with Crippen LogP contribution in [-0.4, -0.2) is 55.0 Å². The highest BCUT2D eigenvalue weighted by molar-refractivity contribution is 5.76. The van der Waals surface area contributed by atoms with E-state index in [2.05, 4.69) is 4.90 Å². The molecular weight excluding hydrogens is 395 g/mol. The highest BCUT2D eigenvalue weighted by Crippen LogP contribution is 2.38. The maximum absolute atomic E-state index is 14.1. The van der Waals surface area contributed by atoms with Crippen molar-refractivity contribution in [1.82, 2.24) is 4.90 Å². The summed E-state index contributed by atoms with van der Waals surface area (Å²) in [4.78, 5) is 7.04. The Morgan fingerprint density at radius 2 is 1.52 bits per heavy atom. The van der Waals surface area contributed by atoms with Crippen molar-refractivity contribution in [1.29, 1.82) is 0 Å². The molecule has 164 valence electrons. The van der Waals surface area contributed by atoms with Gasteiger partial charge in [-0.15, -0.1) is 0 Å². The molecule has 31 heavy (non-hydrogen) atoms. The lowest BCUT2D eigenvalue weighted by molar-refractivity contribution is -0.154. The number of halogens is 1. The van der Waals surface area contributed by atoms with Crippen LogP contribution in [0.25, 0.3) is 0 Å². The predicted molar refractivity (Wildman–Crippen MR) is 116 cm³/mol. The second kappa shape index (κ2) is 9.37. The fourth-order valence-corrected chi connectivity index (χ4v) is 4.59. The normalized spacial score (nSPS) is 29.6. The highest BCUT2D eigenvalue weighted by Gasteiger charge is 2.51. The summed E-state index contributed by atoms with van der Waals surface area (Å²) in [6.07, 6.45) is 0.850. The van der Waals surface area contributed by atoms with Gasteiger partial charge in [0.15, 0.2) is 0 Å². The Morgan fingerprint density at radius 3 is 2.06 bits per heavy atom. The van der Waals surface area contributed by atoms with Crippen LogP contribution < -0.4 is 0 Å². The minimum absolute atomic E-state index is 0.159. The van der Waals surface area contributed by atoms with Gasteiger partial charge in [-0.05, 0) is 24.0 Å². The molecule has 1 saturated heterocycles. The minimum Gasteiger partial charge on any atom is -0.459 e. The van der Waals surface area contributed by atoms with Gasteiger partial charge in [-0.3, -0.25) is 4.39 Å². The van der Waals surface area contributed by atoms with E-state index in [1.807, 2.05) is 60.7 Å². The molecule has 0 amide bonds. The zero-order chi connectivity index (χ0) is 21.0. The van der Waals surface area contributed by atoms with Crippen molar-refractivity contribution in [2.75, 3.05) is 19.8 Å². The summed E-state index contributed by atoms with van der Waals surface area (Å²) in [7, 11) is 0. The molecule has 1 aliphatic carbocycles. The molecule has 2 aromatic rings. The molecule has 0 spiro atoms. The van der Waals surface area contributed by atoms with Gasteiger partial charge >= 0.3 is 0 Å². The van der Waals surface area contributed by atoms with Gasteiger partial charge in [0, 0.05) is 19.0 Å². The summed E-state index contributed by atoms with van der Waals surface area (Å²) in [5, 5.41) is 0. The van der Waals surface area contributed by atoms with Crippen molar-refractivity contribution >= 4 is 6.02 Å². The maximum atomic E-state index is 14.1. The molecule has 5 rings (SSSR count). The molecule has 1 saturated carbocycles. The van der Waals surface area contributed by atoms with E-state index in [0.29, 0.717) is 25.7 Å². The van der Waals surface area contributed by atoms with Gasteiger partial charge in [-0.1, -0.05) is 60.7 Å².